The zero-order chi connectivity index (χ0) is 26.7. The lowest BCUT2D eigenvalue weighted by atomic mass is 9.94. The molecule has 0 spiro atoms. The summed E-state index contributed by atoms with van der Waals surface area (Å²) in [7, 11) is -2.59. The molecule has 0 unspecified atom stereocenters. The molecule has 1 fully saturated rings. The van der Waals surface area contributed by atoms with Crippen LogP contribution in [0.4, 0.5) is 11.5 Å². The van der Waals surface area contributed by atoms with Crippen molar-refractivity contribution >= 4 is 35.8 Å². The van der Waals surface area contributed by atoms with E-state index >= 15 is 0 Å². The molecule has 3 aromatic rings. The molecule has 14 heteroatoms. The van der Waals surface area contributed by atoms with Gasteiger partial charge in [0.25, 0.3) is 5.56 Å². The van der Waals surface area contributed by atoms with Crippen LogP contribution in [0, 0.1) is 5.92 Å². The molecule has 1 saturated heterocycles. The van der Waals surface area contributed by atoms with Gasteiger partial charge < -0.3 is 35.0 Å². The van der Waals surface area contributed by atoms with Gasteiger partial charge in [-0.3, -0.25) is 14.2 Å². The molecule has 198 valence electrons. The Morgan fingerprint density at radius 2 is 1.92 bits per heavy atom. The molecule has 0 radical (unpaired) electrons. The molecule has 0 saturated carbocycles. The van der Waals surface area contributed by atoms with Crippen LogP contribution in [0.25, 0.3) is 10.8 Å². The highest BCUT2D eigenvalue weighted by atomic mass is 31.2. The van der Waals surface area contributed by atoms with Crippen molar-refractivity contribution in [3.05, 3.63) is 40.8 Å². The highest BCUT2D eigenvalue weighted by Gasteiger charge is 2.26. The summed E-state index contributed by atoms with van der Waals surface area (Å²) in [6.07, 6.45) is 3.09. The lowest BCUT2D eigenvalue weighted by Gasteiger charge is -2.33. The normalized spacial score (nSPS) is 14.6. The van der Waals surface area contributed by atoms with E-state index < -0.39 is 31.4 Å². The summed E-state index contributed by atoms with van der Waals surface area (Å²) in [5.74, 6) is -0.432. The van der Waals surface area contributed by atoms with Gasteiger partial charge in [-0.1, -0.05) is 0 Å². The first-order chi connectivity index (χ1) is 17.5. The third-order valence-electron chi connectivity index (χ3n) is 6.30. The van der Waals surface area contributed by atoms with Gasteiger partial charge in [-0.15, -0.1) is 0 Å². The van der Waals surface area contributed by atoms with Crippen LogP contribution in [0.5, 0.6) is 17.4 Å². The molecule has 4 rings (SSSR count). The monoisotopic (exact) mass is 533 g/mol. The first-order valence-corrected chi connectivity index (χ1v) is 13.4. The largest absolute Gasteiger partial charge is 0.504 e. The minimum atomic E-state index is -4.05. The summed E-state index contributed by atoms with van der Waals surface area (Å²) >= 11 is 0. The summed E-state index contributed by atoms with van der Waals surface area (Å²) in [6, 6.07) is 5.40. The number of anilines is 2. The van der Waals surface area contributed by atoms with Gasteiger partial charge in [0.1, 0.15) is 12.4 Å². The van der Waals surface area contributed by atoms with Crippen LogP contribution < -0.4 is 20.5 Å². The minimum Gasteiger partial charge on any atom is -0.504 e. The van der Waals surface area contributed by atoms with Crippen LogP contribution in [0.2, 0.25) is 0 Å². The Balaban J connectivity index is 1.57. The summed E-state index contributed by atoms with van der Waals surface area (Å²) in [5, 5.41) is 26.5. The van der Waals surface area contributed by atoms with Crippen LogP contribution in [0.3, 0.4) is 0 Å². The maximum Gasteiger partial charge on any atom is 0.325 e. The van der Waals surface area contributed by atoms with E-state index in [1.165, 1.54) is 31.5 Å². The number of aromatic hydroxyl groups is 2. The summed E-state index contributed by atoms with van der Waals surface area (Å²) < 4.78 is 17.5. The van der Waals surface area contributed by atoms with Crippen LogP contribution in [-0.2, 0) is 15.9 Å². The fourth-order valence-corrected chi connectivity index (χ4v) is 5.03. The molecule has 1 aliphatic rings. The predicted molar refractivity (Wildman–Crippen MR) is 135 cm³/mol. The maximum atomic E-state index is 13.4. The average molecular weight is 533 g/mol. The predicted octanol–water partition coefficient (Wildman–Crippen LogP) is 1.63. The number of phenols is 2. The Hall–Kier alpha value is -3.67. The molecule has 0 aliphatic carbocycles. The lowest BCUT2D eigenvalue weighted by Crippen LogP contribution is -2.36. The summed E-state index contributed by atoms with van der Waals surface area (Å²) in [4.78, 5) is 50.7. The molecule has 0 bridgehead atoms. The molecule has 1 aromatic carbocycles. The highest BCUT2D eigenvalue weighted by Crippen LogP contribution is 2.38. The van der Waals surface area contributed by atoms with Gasteiger partial charge in [-0.05, 0) is 37.3 Å². The number of nitrogens with zero attached hydrogens (tertiary/aromatic N) is 4. The van der Waals surface area contributed by atoms with Gasteiger partial charge >= 0.3 is 7.60 Å². The van der Waals surface area contributed by atoms with Gasteiger partial charge in [-0.25, -0.2) is 4.68 Å². The topological polar surface area (TPSA) is 187 Å². The number of rotatable bonds is 8. The number of fused-ring (bicyclic) bond motifs is 1. The van der Waals surface area contributed by atoms with Crippen molar-refractivity contribution in [2.75, 3.05) is 36.6 Å². The molecule has 5 N–H and O–H groups in total. The zero-order valence-corrected chi connectivity index (χ0v) is 21.0. The maximum absolute atomic E-state index is 13.4. The number of phenolic OH excluding ortho intramolecular Hbond substituents is 2. The van der Waals surface area contributed by atoms with Crippen molar-refractivity contribution in [1.29, 1.82) is 0 Å². The number of amides is 1. The number of ether oxygens (including phenoxy) is 1. The van der Waals surface area contributed by atoms with Crippen molar-refractivity contribution in [3.8, 4) is 17.4 Å². The molecule has 1 aliphatic heterocycles. The standard InChI is InChI=1S/C23H28N5O8P/c1-36-20-10-15-12-24-28(13-19(31)25-16-2-3-17(29)18(30)11-16)23(32)21(15)22(26-20)27-7-4-14(5-8-27)6-9-37(33,34)35/h2-3,10-12,14,29-30H,4-9,13H2,1H3,(H,25,31)(H2,33,34,35). The summed E-state index contributed by atoms with van der Waals surface area (Å²) in [6.45, 7) is 0.674. The Morgan fingerprint density at radius 1 is 1.19 bits per heavy atom. The Morgan fingerprint density at radius 3 is 2.57 bits per heavy atom. The van der Waals surface area contributed by atoms with Gasteiger partial charge in [0.05, 0.1) is 24.9 Å². The van der Waals surface area contributed by atoms with E-state index in [0.29, 0.717) is 49.4 Å². The van der Waals surface area contributed by atoms with Crippen LogP contribution in [-0.4, -0.2) is 67.0 Å². The second-order valence-electron chi connectivity index (χ2n) is 8.92. The third kappa shape index (κ3) is 6.37. The van der Waals surface area contributed by atoms with Gasteiger partial charge in [0, 0.05) is 36.3 Å². The second-order valence-corrected chi connectivity index (χ2v) is 10.7. The average Bonchev–Trinajstić information content (AvgIpc) is 2.86. The number of piperidine rings is 1. The van der Waals surface area contributed by atoms with E-state index in [-0.39, 0.29) is 28.9 Å². The number of nitrogens with one attached hydrogen (secondary N) is 1. The minimum absolute atomic E-state index is 0.153. The van der Waals surface area contributed by atoms with Crippen molar-refractivity contribution < 1.29 is 34.1 Å². The van der Waals surface area contributed by atoms with Gasteiger partial charge in [0.15, 0.2) is 11.5 Å². The van der Waals surface area contributed by atoms with Crippen molar-refractivity contribution in [2.24, 2.45) is 5.92 Å². The lowest BCUT2D eigenvalue weighted by molar-refractivity contribution is -0.117. The fraction of sp³-hybridized carbons (Fsp3) is 0.391. The number of aromatic nitrogens is 3. The first-order valence-electron chi connectivity index (χ1n) is 11.6. The fourth-order valence-electron chi connectivity index (χ4n) is 4.33. The Labute approximate surface area is 211 Å². The molecule has 2 aromatic heterocycles. The number of methoxy groups -OCH3 is 1. The highest BCUT2D eigenvalue weighted by molar-refractivity contribution is 7.51. The van der Waals surface area contributed by atoms with Crippen molar-refractivity contribution in [3.63, 3.8) is 0 Å². The summed E-state index contributed by atoms with van der Waals surface area (Å²) in [5.41, 5.74) is -0.280. The molecule has 3 heterocycles. The van der Waals surface area contributed by atoms with Crippen LogP contribution in [0.1, 0.15) is 19.3 Å². The number of hydrogen-bond donors (Lipinski definition) is 5. The molecule has 1 amide bonds. The third-order valence-corrected chi connectivity index (χ3v) is 7.14. The number of pyridine rings is 1. The van der Waals surface area contributed by atoms with E-state index in [9.17, 15) is 24.4 Å². The first kappa shape index (κ1) is 26.4. The quantitative estimate of drug-likeness (QED) is 0.161. The number of benzene rings is 1. The Kier molecular flexibility index (Phi) is 7.67. The van der Waals surface area contributed by atoms with E-state index in [1.807, 2.05) is 4.90 Å². The molecule has 37 heavy (non-hydrogen) atoms. The van der Waals surface area contributed by atoms with E-state index in [4.69, 9.17) is 14.5 Å². The molecule has 0 atom stereocenters. The second kappa shape index (κ2) is 10.8. The van der Waals surface area contributed by atoms with Crippen molar-refractivity contribution in [1.82, 2.24) is 14.8 Å². The number of hydrogen-bond acceptors (Lipinski definition) is 9. The van der Waals surface area contributed by atoms with E-state index in [1.54, 1.807) is 6.07 Å². The van der Waals surface area contributed by atoms with Gasteiger partial charge in [-0.2, -0.15) is 10.1 Å². The van der Waals surface area contributed by atoms with Crippen molar-refractivity contribution in [2.45, 2.75) is 25.8 Å². The zero-order valence-electron chi connectivity index (χ0n) is 20.1. The Bertz CT molecular complexity index is 1410. The molecular weight excluding hydrogens is 505 g/mol. The smallest absolute Gasteiger partial charge is 0.325 e. The van der Waals surface area contributed by atoms with E-state index in [0.717, 1.165) is 4.68 Å². The SMILES string of the molecule is COc1cc2cnn(CC(=O)Nc3ccc(O)c(O)c3)c(=O)c2c(N2CCC(CCP(=O)(O)O)CC2)n1. The molecular formula is C23H28N5O8P. The van der Waals surface area contributed by atoms with Gasteiger partial charge in [0.2, 0.25) is 11.8 Å². The molecule has 13 nitrogen and oxygen atoms in total. The van der Waals surface area contributed by atoms with Crippen LogP contribution in [0.15, 0.2) is 35.3 Å². The van der Waals surface area contributed by atoms with E-state index in [2.05, 4.69) is 15.4 Å². The van der Waals surface area contributed by atoms with Crippen LogP contribution >= 0.6 is 7.60 Å². The number of carbonyl (C=O) groups excluding carboxylic acids is 1. The number of carbonyl (C=O) groups is 1.